The van der Waals surface area contributed by atoms with Gasteiger partial charge < -0.3 is 14.4 Å². The summed E-state index contributed by atoms with van der Waals surface area (Å²) >= 11 is 0. The predicted molar refractivity (Wildman–Crippen MR) is 71.2 cm³/mol. The van der Waals surface area contributed by atoms with E-state index in [-0.39, 0.29) is 17.9 Å². The molecule has 1 fully saturated rings. The number of ether oxygens (including phenoxy) is 1. The molecular formula is C14H22N2O4. The summed E-state index contributed by atoms with van der Waals surface area (Å²) < 4.78 is 10.6. The van der Waals surface area contributed by atoms with Crippen LogP contribution in [0.5, 0.6) is 0 Å². The Morgan fingerprint density at radius 3 is 2.75 bits per heavy atom. The maximum Gasteiger partial charge on any atom is 0.303 e. The lowest BCUT2D eigenvalue weighted by molar-refractivity contribution is -0.139. The van der Waals surface area contributed by atoms with Crippen LogP contribution in [0.25, 0.3) is 0 Å². The minimum absolute atomic E-state index is 0.161. The number of hydrogen-bond donors (Lipinski definition) is 1. The Balaban J connectivity index is 2.09. The zero-order valence-corrected chi connectivity index (χ0v) is 12.1. The van der Waals surface area contributed by atoms with Crippen LogP contribution in [0.4, 0.5) is 0 Å². The lowest BCUT2D eigenvalue weighted by Crippen LogP contribution is -2.24. The van der Waals surface area contributed by atoms with E-state index in [1.807, 2.05) is 6.92 Å². The summed E-state index contributed by atoms with van der Waals surface area (Å²) in [7, 11) is 1.62. The summed E-state index contributed by atoms with van der Waals surface area (Å²) in [6.45, 7) is 1.99. The number of carbonyl (C=O) groups is 1. The van der Waals surface area contributed by atoms with Crippen LogP contribution >= 0.6 is 0 Å². The van der Waals surface area contributed by atoms with Gasteiger partial charge in [-0.1, -0.05) is 24.9 Å². The van der Waals surface area contributed by atoms with Crippen LogP contribution in [0.3, 0.4) is 0 Å². The maximum absolute atomic E-state index is 11.1. The Hall–Kier alpha value is -1.43. The summed E-state index contributed by atoms with van der Waals surface area (Å²) in [6.07, 6.45) is 5.31. The highest BCUT2D eigenvalue weighted by Crippen LogP contribution is 2.43. The summed E-state index contributed by atoms with van der Waals surface area (Å²) in [5.41, 5.74) is -0.218. The normalized spacial score (nSPS) is 19.1. The number of rotatable bonds is 7. The van der Waals surface area contributed by atoms with Crippen molar-refractivity contribution in [3.8, 4) is 0 Å². The van der Waals surface area contributed by atoms with E-state index in [0.29, 0.717) is 18.1 Å². The van der Waals surface area contributed by atoms with Gasteiger partial charge in [-0.15, -0.1) is 0 Å². The zero-order chi connectivity index (χ0) is 14.6. The van der Waals surface area contributed by atoms with E-state index < -0.39 is 5.97 Å². The minimum atomic E-state index is -0.755. The van der Waals surface area contributed by atoms with Gasteiger partial charge in [-0.05, 0) is 24.7 Å². The Morgan fingerprint density at radius 2 is 2.20 bits per heavy atom. The smallest absolute Gasteiger partial charge is 0.303 e. The van der Waals surface area contributed by atoms with Gasteiger partial charge >= 0.3 is 5.97 Å². The van der Waals surface area contributed by atoms with Crippen LogP contribution in [0.15, 0.2) is 4.52 Å². The molecule has 0 amide bonds. The van der Waals surface area contributed by atoms with Crippen molar-refractivity contribution < 1.29 is 19.2 Å². The molecule has 0 radical (unpaired) electrons. The lowest BCUT2D eigenvalue weighted by atomic mass is 9.79. The van der Waals surface area contributed by atoms with Crippen molar-refractivity contribution in [1.82, 2.24) is 10.1 Å². The van der Waals surface area contributed by atoms with Crippen molar-refractivity contribution in [3.05, 3.63) is 11.7 Å². The molecule has 1 aromatic rings. The second-order valence-electron chi connectivity index (χ2n) is 5.63. The Morgan fingerprint density at radius 1 is 1.50 bits per heavy atom. The van der Waals surface area contributed by atoms with E-state index in [4.69, 9.17) is 14.4 Å². The van der Waals surface area contributed by atoms with Gasteiger partial charge in [0.25, 0.3) is 0 Å². The van der Waals surface area contributed by atoms with Crippen LogP contribution in [0.1, 0.15) is 63.3 Å². The number of carboxylic acid groups (broad SMARTS) is 1. The first kappa shape index (κ1) is 15.0. The second kappa shape index (κ2) is 6.35. The Labute approximate surface area is 118 Å². The summed E-state index contributed by atoms with van der Waals surface area (Å²) in [6, 6.07) is 0. The maximum atomic E-state index is 11.1. The number of aliphatic carboxylic acids is 1. The van der Waals surface area contributed by atoms with Crippen molar-refractivity contribution >= 4 is 5.97 Å². The van der Waals surface area contributed by atoms with Gasteiger partial charge in [0, 0.05) is 13.5 Å². The molecule has 6 nitrogen and oxygen atoms in total. The topological polar surface area (TPSA) is 85.5 Å². The molecule has 2 rings (SSSR count). The number of aromatic nitrogens is 2. The third kappa shape index (κ3) is 3.36. The first-order valence-corrected chi connectivity index (χ1v) is 7.15. The molecule has 1 N–H and O–H groups in total. The molecule has 1 aliphatic carbocycles. The van der Waals surface area contributed by atoms with Crippen LogP contribution in [-0.2, 0) is 16.0 Å². The molecule has 0 aliphatic heterocycles. The molecule has 1 unspecified atom stereocenters. The van der Waals surface area contributed by atoms with E-state index in [2.05, 4.69) is 10.1 Å². The van der Waals surface area contributed by atoms with E-state index in [1.165, 1.54) is 0 Å². The molecule has 20 heavy (non-hydrogen) atoms. The van der Waals surface area contributed by atoms with Crippen molar-refractivity contribution in [3.63, 3.8) is 0 Å². The van der Waals surface area contributed by atoms with Crippen molar-refractivity contribution in [1.29, 1.82) is 0 Å². The first-order valence-electron chi connectivity index (χ1n) is 7.15. The van der Waals surface area contributed by atoms with Crippen LogP contribution in [0, 0.1) is 5.41 Å². The number of hydrogen-bond acceptors (Lipinski definition) is 5. The van der Waals surface area contributed by atoms with Gasteiger partial charge in [0.1, 0.15) is 6.10 Å². The summed E-state index contributed by atoms with van der Waals surface area (Å²) in [5, 5.41) is 13.1. The SMILES string of the molecule is CCC(OC)c1noc(CC2(CC(=O)O)CCCC2)n1. The number of nitrogens with zero attached hydrogens (tertiary/aromatic N) is 2. The Bertz CT molecular complexity index is 448. The Kier molecular flexibility index (Phi) is 4.75. The molecular weight excluding hydrogens is 260 g/mol. The third-order valence-electron chi connectivity index (χ3n) is 4.14. The summed E-state index contributed by atoms with van der Waals surface area (Å²) in [4.78, 5) is 15.4. The molecule has 0 saturated heterocycles. The van der Waals surface area contributed by atoms with Gasteiger partial charge in [0.2, 0.25) is 11.7 Å². The zero-order valence-electron chi connectivity index (χ0n) is 12.1. The molecule has 0 aromatic carbocycles. The van der Waals surface area contributed by atoms with Crippen molar-refractivity contribution in [2.45, 2.75) is 58.0 Å². The molecule has 6 heteroatoms. The highest BCUT2D eigenvalue weighted by atomic mass is 16.5. The van der Waals surface area contributed by atoms with E-state index >= 15 is 0 Å². The highest BCUT2D eigenvalue weighted by Gasteiger charge is 2.38. The summed E-state index contributed by atoms with van der Waals surface area (Å²) in [5.74, 6) is 0.321. The molecule has 1 saturated carbocycles. The largest absolute Gasteiger partial charge is 0.481 e. The second-order valence-corrected chi connectivity index (χ2v) is 5.63. The fourth-order valence-electron chi connectivity index (χ4n) is 3.11. The molecule has 0 bridgehead atoms. The van der Waals surface area contributed by atoms with Gasteiger partial charge in [-0.25, -0.2) is 0 Å². The monoisotopic (exact) mass is 282 g/mol. The average molecular weight is 282 g/mol. The van der Waals surface area contributed by atoms with Gasteiger partial charge in [-0.3, -0.25) is 4.79 Å². The standard InChI is InChI=1S/C14H22N2O4/c1-3-10(19-2)13-15-11(20-16-13)8-14(9-12(17)18)6-4-5-7-14/h10H,3-9H2,1-2H3,(H,17,18). The van der Waals surface area contributed by atoms with Crippen molar-refractivity contribution in [2.75, 3.05) is 7.11 Å². The lowest BCUT2D eigenvalue weighted by Gasteiger charge is -2.24. The van der Waals surface area contributed by atoms with Crippen LogP contribution < -0.4 is 0 Å². The van der Waals surface area contributed by atoms with Gasteiger partial charge in [0.15, 0.2) is 0 Å². The molecule has 112 valence electrons. The highest BCUT2D eigenvalue weighted by molar-refractivity contribution is 5.67. The van der Waals surface area contributed by atoms with Crippen LogP contribution in [-0.4, -0.2) is 28.3 Å². The number of methoxy groups -OCH3 is 1. The van der Waals surface area contributed by atoms with E-state index in [0.717, 1.165) is 32.1 Å². The van der Waals surface area contributed by atoms with Crippen LogP contribution in [0.2, 0.25) is 0 Å². The van der Waals surface area contributed by atoms with E-state index in [9.17, 15) is 4.79 Å². The molecule has 1 aliphatic rings. The molecule has 0 spiro atoms. The fourth-order valence-corrected chi connectivity index (χ4v) is 3.11. The minimum Gasteiger partial charge on any atom is -0.481 e. The van der Waals surface area contributed by atoms with Gasteiger partial charge in [-0.2, -0.15) is 4.98 Å². The fraction of sp³-hybridized carbons (Fsp3) is 0.786. The number of carboxylic acids is 1. The quantitative estimate of drug-likeness (QED) is 0.827. The molecule has 1 heterocycles. The van der Waals surface area contributed by atoms with E-state index in [1.54, 1.807) is 7.11 Å². The average Bonchev–Trinajstić information content (AvgIpc) is 3.01. The first-order chi connectivity index (χ1) is 9.58. The predicted octanol–water partition coefficient (Wildman–Crippen LogP) is 2.74. The third-order valence-corrected chi connectivity index (χ3v) is 4.14. The molecule has 1 atom stereocenters. The van der Waals surface area contributed by atoms with Gasteiger partial charge in [0.05, 0.1) is 6.42 Å². The van der Waals surface area contributed by atoms with Crippen molar-refractivity contribution in [2.24, 2.45) is 5.41 Å². The molecule has 1 aromatic heterocycles.